The third-order valence-corrected chi connectivity index (χ3v) is 7.30. The van der Waals surface area contributed by atoms with E-state index in [0.29, 0.717) is 36.8 Å². The number of halogens is 1. The number of nitrogens with one attached hydrogen (secondary N) is 3. The standard InChI is InChI=1S/C14H13FN2O.C12H12N2O2.C10H10N4OS/c15-13-4-2-1-3-12(13)14(18)17-11-7-5-10(9-16)6-8-11;13-8-9-3-5-10(6-4-9)14-12(15)11-2-1-7-16-11;11-5-7-1-3-8(4-2-7)12-10(15)9-6-16-14-13-9/h1-8H,9,16H2,(H,17,18);1-7H,8,13H2,(H,14,15);1-4,6H,5,11H2,(H,12,15). The summed E-state index contributed by atoms with van der Waals surface area (Å²) in [5, 5.41) is 13.4. The van der Waals surface area contributed by atoms with Crippen LogP contribution in [0.15, 0.2) is 125 Å². The average molecular weight is 695 g/mol. The summed E-state index contributed by atoms with van der Waals surface area (Å²) in [7, 11) is 0. The second kappa shape index (κ2) is 19.1. The van der Waals surface area contributed by atoms with E-state index in [0.717, 1.165) is 39.6 Å². The van der Waals surface area contributed by atoms with Crippen molar-refractivity contribution >= 4 is 46.3 Å². The lowest BCUT2D eigenvalue weighted by molar-refractivity contribution is 0.0993. The molecule has 14 heteroatoms. The average Bonchev–Trinajstić information content (AvgIpc) is 3.90. The van der Waals surface area contributed by atoms with Crippen molar-refractivity contribution < 1.29 is 23.2 Å². The van der Waals surface area contributed by atoms with Crippen LogP contribution in [0, 0.1) is 5.82 Å². The zero-order valence-electron chi connectivity index (χ0n) is 26.7. The first-order valence-corrected chi connectivity index (χ1v) is 16.0. The van der Waals surface area contributed by atoms with Crippen molar-refractivity contribution in [2.45, 2.75) is 19.6 Å². The second-order valence-electron chi connectivity index (χ2n) is 10.3. The summed E-state index contributed by atoms with van der Waals surface area (Å²) >= 11 is 1.15. The summed E-state index contributed by atoms with van der Waals surface area (Å²) in [6.07, 6.45) is 1.46. The van der Waals surface area contributed by atoms with Crippen molar-refractivity contribution in [2.24, 2.45) is 17.2 Å². The Morgan fingerprint density at radius 3 is 1.52 bits per heavy atom. The van der Waals surface area contributed by atoms with Crippen LogP contribution in [0.2, 0.25) is 0 Å². The molecule has 0 radical (unpaired) electrons. The molecule has 0 bridgehead atoms. The van der Waals surface area contributed by atoms with Crippen LogP contribution in [0.1, 0.15) is 48.1 Å². The van der Waals surface area contributed by atoms with E-state index in [1.54, 1.807) is 53.9 Å². The molecule has 50 heavy (non-hydrogen) atoms. The third kappa shape index (κ3) is 11.3. The van der Waals surface area contributed by atoms with Gasteiger partial charge in [0, 0.05) is 42.1 Å². The van der Waals surface area contributed by atoms with Crippen molar-refractivity contribution in [1.29, 1.82) is 0 Å². The Kier molecular flexibility index (Phi) is 14.0. The smallest absolute Gasteiger partial charge is 0.291 e. The van der Waals surface area contributed by atoms with Crippen LogP contribution < -0.4 is 33.2 Å². The Bertz CT molecular complexity index is 1840. The lowest BCUT2D eigenvalue weighted by atomic mass is 10.1. The van der Waals surface area contributed by atoms with Crippen LogP contribution in [0.4, 0.5) is 21.5 Å². The Balaban J connectivity index is 0.000000169. The lowest BCUT2D eigenvalue weighted by Crippen LogP contribution is -2.13. The van der Waals surface area contributed by atoms with Crippen molar-refractivity contribution in [2.75, 3.05) is 16.0 Å². The molecule has 9 N–H and O–H groups in total. The SMILES string of the molecule is NCc1ccc(NC(=O)c2ccccc2F)cc1.NCc1ccc(NC(=O)c2ccco2)cc1.NCc1ccc(NC(=O)c2csnn2)cc1. The number of carbonyl (C=O) groups is 3. The molecule has 3 amide bonds. The molecule has 0 aliphatic heterocycles. The second-order valence-corrected chi connectivity index (χ2v) is 10.9. The highest BCUT2D eigenvalue weighted by Gasteiger charge is 2.11. The van der Waals surface area contributed by atoms with E-state index in [4.69, 9.17) is 21.6 Å². The molecule has 0 atom stereocenters. The van der Waals surface area contributed by atoms with Gasteiger partial charge in [-0.1, -0.05) is 53.0 Å². The fourth-order valence-corrected chi connectivity index (χ4v) is 4.51. The Morgan fingerprint density at radius 2 is 1.10 bits per heavy atom. The molecule has 0 saturated carbocycles. The molecular weight excluding hydrogens is 660 g/mol. The molecule has 4 aromatic carbocycles. The van der Waals surface area contributed by atoms with Crippen molar-refractivity contribution in [1.82, 2.24) is 9.59 Å². The maximum Gasteiger partial charge on any atom is 0.291 e. The van der Waals surface area contributed by atoms with E-state index < -0.39 is 11.7 Å². The molecule has 2 heterocycles. The number of carbonyl (C=O) groups excluding carboxylic acids is 3. The van der Waals surface area contributed by atoms with Crippen molar-refractivity contribution in [3.8, 4) is 0 Å². The summed E-state index contributed by atoms with van der Waals surface area (Å²) in [5.74, 6) is -1.22. The summed E-state index contributed by atoms with van der Waals surface area (Å²) in [6.45, 7) is 1.43. The zero-order valence-corrected chi connectivity index (χ0v) is 27.5. The molecule has 0 aliphatic carbocycles. The highest BCUT2D eigenvalue weighted by atomic mass is 32.1. The first-order valence-electron chi connectivity index (χ1n) is 15.2. The number of benzene rings is 4. The Morgan fingerprint density at radius 1 is 0.620 bits per heavy atom. The lowest BCUT2D eigenvalue weighted by Gasteiger charge is -2.06. The van der Waals surface area contributed by atoms with Crippen LogP contribution in [-0.2, 0) is 19.6 Å². The predicted molar refractivity (Wildman–Crippen MR) is 192 cm³/mol. The van der Waals surface area contributed by atoms with Gasteiger partial charge in [-0.15, -0.1) is 5.10 Å². The first kappa shape index (κ1) is 36.8. The zero-order chi connectivity index (χ0) is 35.7. The fourth-order valence-electron chi connectivity index (χ4n) is 4.08. The normalized spacial score (nSPS) is 10.1. The molecule has 0 saturated heterocycles. The van der Waals surface area contributed by atoms with E-state index >= 15 is 0 Å². The molecule has 0 spiro atoms. The van der Waals surface area contributed by atoms with Crippen LogP contribution in [0.5, 0.6) is 0 Å². The van der Waals surface area contributed by atoms with Gasteiger partial charge in [0.25, 0.3) is 17.7 Å². The van der Waals surface area contributed by atoms with Gasteiger partial charge >= 0.3 is 0 Å². The van der Waals surface area contributed by atoms with Gasteiger partial charge in [-0.2, -0.15) is 0 Å². The molecular formula is C36H35FN8O4S. The highest BCUT2D eigenvalue weighted by molar-refractivity contribution is 7.03. The number of nitrogens with zero attached hydrogens (tertiary/aromatic N) is 2. The van der Waals surface area contributed by atoms with Gasteiger partial charge < -0.3 is 37.6 Å². The minimum absolute atomic E-state index is 0.0281. The topological polar surface area (TPSA) is 204 Å². The molecule has 0 fully saturated rings. The number of nitrogens with two attached hydrogens (primary N) is 3. The van der Waals surface area contributed by atoms with E-state index in [1.807, 2.05) is 48.5 Å². The minimum Gasteiger partial charge on any atom is -0.459 e. The minimum atomic E-state index is -0.534. The Labute approximate surface area is 291 Å². The maximum absolute atomic E-state index is 13.4. The van der Waals surface area contributed by atoms with Gasteiger partial charge in [-0.05, 0) is 88.9 Å². The highest BCUT2D eigenvalue weighted by Crippen LogP contribution is 2.14. The molecule has 0 aliphatic rings. The van der Waals surface area contributed by atoms with Crippen LogP contribution in [-0.4, -0.2) is 27.3 Å². The number of aromatic nitrogens is 2. The van der Waals surface area contributed by atoms with Crippen molar-refractivity contribution in [3.05, 3.63) is 160 Å². The van der Waals surface area contributed by atoms with Gasteiger partial charge in [0.2, 0.25) is 0 Å². The number of anilines is 3. The summed E-state index contributed by atoms with van der Waals surface area (Å²) in [5.41, 5.74) is 21.8. The van der Waals surface area contributed by atoms with Crippen molar-refractivity contribution in [3.63, 3.8) is 0 Å². The van der Waals surface area contributed by atoms with Gasteiger partial charge in [0.15, 0.2) is 11.5 Å². The largest absolute Gasteiger partial charge is 0.459 e. The summed E-state index contributed by atoms with van der Waals surface area (Å²) < 4.78 is 22.0. The number of hydrogen-bond acceptors (Lipinski definition) is 10. The quantitative estimate of drug-likeness (QED) is 0.108. The molecule has 12 nitrogen and oxygen atoms in total. The van der Waals surface area contributed by atoms with E-state index in [2.05, 4.69) is 25.5 Å². The van der Waals surface area contributed by atoms with Gasteiger partial charge in [0.1, 0.15) is 5.82 Å². The van der Waals surface area contributed by atoms with Crippen LogP contribution >= 0.6 is 11.5 Å². The van der Waals surface area contributed by atoms with Crippen LogP contribution in [0.3, 0.4) is 0 Å². The number of hydrogen-bond donors (Lipinski definition) is 6. The first-order chi connectivity index (χ1) is 24.3. The van der Waals surface area contributed by atoms with Gasteiger partial charge in [-0.25, -0.2) is 4.39 Å². The van der Waals surface area contributed by atoms with Gasteiger partial charge in [-0.3, -0.25) is 14.4 Å². The van der Waals surface area contributed by atoms with Gasteiger partial charge in [0.05, 0.1) is 11.8 Å². The molecule has 2 aromatic heterocycles. The maximum atomic E-state index is 13.4. The number of rotatable bonds is 9. The number of furan rings is 1. The third-order valence-electron chi connectivity index (χ3n) is 6.80. The molecule has 6 aromatic rings. The van der Waals surface area contributed by atoms with E-state index in [-0.39, 0.29) is 17.4 Å². The fraction of sp³-hybridized carbons (Fsp3) is 0.0833. The molecule has 256 valence electrons. The molecule has 6 rings (SSSR count). The summed E-state index contributed by atoms with van der Waals surface area (Å²) in [6, 6.07) is 31.0. The predicted octanol–water partition coefficient (Wildman–Crippen LogP) is 5.78. The summed E-state index contributed by atoms with van der Waals surface area (Å²) in [4.78, 5) is 35.0. The van der Waals surface area contributed by atoms with E-state index in [9.17, 15) is 18.8 Å². The van der Waals surface area contributed by atoms with E-state index in [1.165, 1.54) is 18.4 Å². The monoisotopic (exact) mass is 694 g/mol. The van der Waals surface area contributed by atoms with Crippen LogP contribution in [0.25, 0.3) is 0 Å². The number of amides is 3. The molecule has 0 unspecified atom stereocenters. The Hall–Kier alpha value is -6.06.